The third-order valence-electron chi connectivity index (χ3n) is 3.85. The normalized spacial score (nSPS) is 11.6. The number of halogens is 1. The van der Waals surface area contributed by atoms with Crippen molar-refractivity contribution in [3.8, 4) is 5.75 Å². The summed E-state index contributed by atoms with van der Waals surface area (Å²) in [7, 11) is 0. The van der Waals surface area contributed by atoms with E-state index in [0.717, 1.165) is 5.56 Å². The molecule has 0 saturated carbocycles. The number of carbonyl (C=O) groups excluding carboxylic acids is 1. The van der Waals surface area contributed by atoms with Gasteiger partial charge in [0.15, 0.2) is 0 Å². The van der Waals surface area contributed by atoms with Crippen LogP contribution in [0.15, 0.2) is 47.6 Å². The summed E-state index contributed by atoms with van der Waals surface area (Å²) in [5.41, 5.74) is 5.55. The van der Waals surface area contributed by atoms with Crippen LogP contribution in [0.1, 0.15) is 44.4 Å². The molecule has 4 nitrogen and oxygen atoms in total. The van der Waals surface area contributed by atoms with Crippen molar-refractivity contribution < 1.29 is 9.53 Å². The van der Waals surface area contributed by atoms with Crippen LogP contribution >= 0.6 is 11.6 Å². The fourth-order valence-corrected chi connectivity index (χ4v) is 2.61. The highest BCUT2D eigenvalue weighted by molar-refractivity contribution is 6.30. The predicted molar refractivity (Wildman–Crippen MR) is 107 cm³/mol. The summed E-state index contributed by atoms with van der Waals surface area (Å²) in [5.74, 6) is 0.498. The molecule has 26 heavy (non-hydrogen) atoms. The molecule has 0 atom stereocenters. The van der Waals surface area contributed by atoms with E-state index >= 15 is 0 Å². The Labute approximate surface area is 160 Å². The second-order valence-electron chi connectivity index (χ2n) is 7.03. The van der Waals surface area contributed by atoms with E-state index in [1.807, 2.05) is 19.1 Å². The molecule has 0 aliphatic carbocycles. The topological polar surface area (TPSA) is 50.7 Å². The summed E-state index contributed by atoms with van der Waals surface area (Å²) in [5, 5.41) is 4.60. The Balaban J connectivity index is 1.96. The second-order valence-corrected chi connectivity index (χ2v) is 7.47. The Hall–Kier alpha value is -2.33. The van der Waals surface area contributed by atoms with Gasteiger partial charge in [-0.15, -0.1) is 0 Å². The molecule has 0 aliphatic rings. The number of hydrogen-bond acceptors (Lipinski definition) is 3. The van der Waals surface area contributed by atoms with Gasteiger partial charge in [0, 0.05) is 10.6 Å². The fraction of sp³-hybridized carbons (Fsp3) is 0.333. The van der Waals surface area contributed by atoms with Gasteiger partial charge in [-0.2, -0.15) is 5.10 Å². The molecule has 0 bridgehead atoms. The number of amides is 1. The average molecular weight is 373 g/mol. The van der Waals surface area contributed by atoms with E-state index < -0.39 is 0 Å². The van der Waals surface area contributed by atoms with E-state index in [9.17, 15) is 4.79 Å². The molecule has 2 aromatic carbocycles. The predicted octanol–water partition coefficient (Wildman–Crippen LogP) is 4.73. The lowest BCUT2D eigenvalue weighted by Crippen LogP contribution is -2.20. The molecule has 2 aromatic rings. The van der Waals surface area contributed by atoms with Gasteiger partial charge in [0.05, 0.1) is 19.2 Å². The molecule has 0 unspecified atom stereocenters. The zero-order chi connectivity index (χ0) is 19.2. The summed E-state index contributed by atoms with van der Waals surface area (Å²) in [6, 6.07) is 13.4. The molecule has 5 heteroatoms. The van der Waals surface area contributed by atoms with E-state index in [1.54, 1.807) is 18.2 Å². The van der Waals surface area contributed by atoms with Crippen molar-refractivity contribution >= 4 is 23.7 Å². The van der Waals surface area contributed by atoms with Gasteiger partial charge in [0.1, 0.15) is 5.75 Å². The molecule has 0 fully saturated rings. The minimum absolute atomic E-state index is 0.0975. The third kappa shape index (κ3) is 5.88. The summed E-state index contributed by atoms with van der Waals surface area (Å²) >= 11 is 6.01. The first-order chi connectivity index (χ1) is 12.3. The van der Waals surface area contributed by atoms with Gasteiger partial charge in [-0.25, -0.2) is 5.43 Å². The van der Waals surface area contributed by atoms with Gasteiger partial charge in [-0.05, 0) is 41.7 Å². The standard InChI is InChI=1S/C21H25ClN2O2/c1-5-26-19-11-10-18(22)13-16(19)14-23-24-20(25)12-15-6-8-17(9-7-15)21(2,3)4/h6-11,13-14H,5,12H2,1-4H3,(H,24,25)/b23-14-. The summed E-state index contributed by atoms with van der Waals surface area (Å²) in [6.07, 6.45) is 1.81. The Morgan fingerprint density at radius 3 is 2.50 bits per heavy atom. The SMILES string of the molecule is CCOc1ccc(Cl)cc1/C=N\NC(=O)Cc1ccc(C(C)(C)C)cc1. The van der Waals surface area contributed by atoms with Gasteiger partial charge >= 0.3 is 0 Å². The third-order valence-corrected chi connectivity index (χ3v) is 4.08. The van der Waals surface area contributed by atoms with Crippen LogP contribution in [0, 0.1) is 0 Å². The largest absolute Gasteiger partial charge is 0.493 e. The molecule has 0 saturated heterocycles. The first-order valence-electron chi connectivity index (χ1n) is 8.63. The molecule has 0 radical (unpaired) electrons. The van der Waals surface area contributed by atoms with Gasteiger partial charge < -0.3 is 4.74 Å². The quantitative estimate of drug-likeness (QED) is 0.588. The Bertz CT molecular complexity index is 778. The molecule has 2 rings (SSSR count). The lowest BCUT2D eigenvalue weighted by Gasteiger charge is -2.19. The monoisotopic (exact) mass is 372 g/mol. The maximum absolute atomic E-state index is 12.1. The Kier molecular flexibility index (Phi) is 6.81. The van der Waals surface area contributed by atoms with E-state index in [1.165, 1.54) is 11.8 Å². The maximum atomic E-state index is 12.1. The number of nitrogens with one attached hydrogen (secondary N) is 1. The van der Waals surface area contributed by atoms with Gasteiger partial charge in [-0.1, -0.05) is 56.6 Å². The van der Waals surface area contributed by atoms with Crippen molar-refractivity contribution in [3.63, 3.8) is 0 Å². The second kappa shape index (κ2) is 8.86. The molecule has 0 aliphatic heterocycles. The minimum Gasteiger partial charge on any atom is -0.493 e. The Morgan fingerprint density at radius 1 is 1.19 bits per heavy atom. The smallest absolute Gasteiger partial charge is 0.244 e. The number of ether oxygens (including phenoxy) is 1. The van der Waals surface area contributed by atoms with E-state index in [-0.39, 0.29) is 17.7 Å². The number of nitrogens with zero attached hydrogens (tertiary/aromatic N) is 1. The first-order valence-corrected chi connectivity index (χ1v) is 9.01. The van der Waals surface area contributed by atoms with Crippen LogP contribution in [0.2, 0.25) is 5.02 Å². The average Bonchev–Trinajstić information content (AvgIpc) is 2.57. The molecule has 1 N–H and O–H groups in total. The lowest BCUT2D eigenvalue weighted by atomic mass is 9.86. The Morgan fingerprint density at radius 2 is 1.88 bits per heavy atom. The van der Waals surface area contributed by atoms with Crippen LogP contribution < -0.4 is 10.2 Å². The number of benzene rings is 2. The van der Waals surface area contributed by atoms with E-state index in [2.05, 4.69) is 43.4 Å². The van der Waals surface area contributed by atoms with Gasteiger partial charge in [-0.3, -0.25) is 4.79 Å². The highest BCUT2D eigenvalue weighted by Crippen LogP contribution is 2.22. The van der Waals surface area contributed by atoms with Crippen molar-refractivity contribution in [2.24, 2.45) is 5.10 Å². The van der Waals surface area contributed by atoms with Crippen molar-refractivity contribution in [1.29, 1.82) is 0 Å². The van der Waals surface area contributed by atoms with Crippen molar-refractivity contribution in [2.75, 3.05) is 6.61 Å². The summed E-state index contributed by atoms with van der Waals surface area (Å²) in [6.45, 7) is 8.93. The van der Waals surface area contributed by atoms with Crippen LogP contribution in [0.4, 0.5) is 0 Å². The maximum Gasteiger partial charge on any atom is 0.244 e. The van der Waals surface area contributed by atoms with E-state index in [0.29, 0.717) is 22.9 Å². The van der Waals surface area contributed by atoms with Crippen molar-refractivity contribution in [2.45, 2.75) is 39.5 Å². The van der Waals surface area contributed by atoms with Crippen LogP contribution in [-0.2, 0) is 16.6 Å². The molecule has 0 spiro atoms. The zero-order valence-corrected chi connectivity index (χ0v) is 16.4. The van der Waals surface area contributed by atoms with Gasteiger partial charge in [0.2, 0.25) is 5.91 Å². The number of carbonyl (C=O) groups is 1. The van der Waals surface area contributed by atoms with Crippen molar-refractivity contribution in [1.82, 2.24) is 5.43 Å². The fourth-order valence-electron chi connectivity index (χ4n) is 2.43. The summed E-state index contributed by atoms with van der Waals surface area (Å²) < 4.78 is 5.52. The first kappa shape index (κ1) is 20.0. The molecule has 138 valence electrons. The number of rotatable bonds is 6. The molecular weight excluding hydrogens is 348 g/mol. The van der Waals surface area contributed by atoms with Crippen LogP contribution in [0.3, 0.4) is 0 Å². The molecule has 0 heterocycles. The number of hydrogen-bond donors (Lipinski definition) is 1. The minimum atomic E-state index is -0.176. The van der Waals surface area contributed by atoms with Crippen molar-refractivity contribution in [3.05, 3.63) is 64.2 Å². The lowest BCUT2D eigenvalue weighted by molar-refractivity contribution is -0.120. The van der Waals surface area contributed by atoms with Crippen LogP contribution in [-0.4, -0.2) is 18.7 Å². The highest BCUT2D eigenvalue weighted by atomic mass is 35.5. The number of hydrazone groups is 1. The van der Waals surface area contributed by atoms with Crippen LogP contribution in [0.25, 0.3) is 0 Å². The van der Waals surface area contributed by atoms with E-state index in [4.69, 9.17) is 16.3 Å². The molecule has 1 amide bonds. The summed E-state index contributed by atoms with van der Waals surface area (Å²) in [4.78, 5) is 12.1. The van der Waals surface area contributed by atoms with Crippen LogP contribution in [0.5, 0.6) is 5.75 Å². The molecular formula is C21H25ClN2O2. The zero-order valence-electron chi connectivity index (χ0n) is 15.7. The highest BCUT2D eigenvalue weighted by Gasteiger charge is 2.13. The molecule has 0 aromatic heterocycles. The van der Waals surface area contributed by atoms with Gasteiger partial charge in [0.25, 0.3) is 0 Å².